The summed E-state index contributed by atoms with van der Waals surface area (Å²) in [5, 5.41) is 7.41. The maximum absolute atomic E-state index is 13.8. The molecule has 1 unspecified atom stereocenters. The van der Waals surface area contributed by atoms with Crippen LogP contribution in [0.1, 0.15) is 60.5 Å². The van der Waals surface area contributed by atoms with Crippen LogP contribution >= 0.6 is 0 Å². The van der Waals surface area contributed by atoms with Crippen molar-refractivity contribution in [2.75, 3.05) is 25.7 Å². The van der Waals surface area contributed by atoms with Gasteiger partial charge in [0.1, 0.15) is 22.7 Å². The number of hydrogen-bond acceptors (Lipinski definition) is 7. The molecular formula is C24H30N4O6. The number of carbonyl (C=O) groups excluding carboxylic acids is 3. The molecular weight excluding hydrogens is 440 g/mol. The molecule has 2 amide bonds. The molecule has 0 spiro atoms. The van der Waals surface area contributed by atoms with E-state index >= 15 is 0 Å². The van der Waals surface area contributed by atoms with E-state index in [4.69, 9.17) is 14.2 Å². The molecule has 1 fully saturated rings. The minimum Gasteiger partial charge on any atom is -0.497 e. The van der Waals surface area contributed by atoms with Crippen molar-refractivity contribution in [3.8, 4) is 11.5 Å². The SMILES string of the molecule is CCOC(=O)c1cc2n(n1)CC(C)(C(=O)NC1CCCC1)N(c1cc(OC)cc(OC)c1)C2=O. The van der Waals surface area contributed by atoms with Gasteiger partial charge in [0.15, 0.2) is 5.69 Å². The van der Waals surface area contributed by atoms with Crippen LogP contribution in [0.5, 0.6) is 11.5 Å². The average Bonchev–Trinajstić information content (AvgIpc) is 3.49. The molecule has 4 rings (SSSR count). The fraction of sp³-hybridized carbons (Fsp3) is 0.500. The van der Waals surface area contributed by atoms with Crippen LogP contribution in [0.3, 0.4) is 0 Å². The van der Waals surface area contributed by atoms with Gasteiger partial charge in [-0.25, -0.2) is 4.79 Å². The molecule has 0 radical (unpaired) electrons. The Morgan fingerprint density at radius 3 is 2.35 bits per heavy atom. The van der Waals surface area contributed by atoms with Gasteiger partial charge in [0, 0.05) is 30.3 Å². The standard InChI is InChI=1S/C24H30N4O6/c1-5-34-22(30)19-13-20-21(29)28(16-10-17(32-3)12-18(11-16)33-4)24(2,14-27(20)26-19)23(31)25-15-8-6-7-9-15/h10-13,15H,5-9,14H2,1-4H3,(H,25,31). The zero-order chi connectivity index (χ0) is 24.5. The molecule has 1 aliphatic carbocycles. The van der Waals surface area contributed by atoms with Crippen LogP contribution in [0, 0.1) is 0 Å². The van der Waals surface area contributed by atoms with Gasteiger partial charge in [-0.2, -0.15) is 5.10 Å². The number of hydrogen-bond donors (Lipinski definition) is 1. The Balaban J connectivity index is 1.81. The molecule has 2 aromatic rings. The molecule has 1 N–H and O–H groups in total. The number of ether oxygens (including phenoxy) is 3. The summed E-state index contributed by atoms with van der Waals surface area (Å²) in [6.07, 6.45) is 3.93. The Kier molecular flexibility index (Phi) is 6.49. The van der Waals surface area contributed by atoms with Crippen molar-refractivity contribution >= 4 is 23.5 Å². The highest BCUT2D eigenvalue weighted by atomic mass is 16.5. The lowest BCUT2D eigenvalue weighted by Crippen LogP contribution is -2.65. The summed E-state index contributed by atoms with van der Waals surface area (Å²) in [7, 11) is 3.03. The Morgan fingerprint density at radius 2 is 1.76 bits per heavy atom. The molecule has 34 heavy (non-hydrogen) atoms. The number of anilines is 1. The Bertz CT molecular complexity index is 1080. The topological polar surface area (TPSA) is 112 Å². The fourth-order valence-electron chi connectivity index (χ4n) is 4.62. The van der Waals surface area contributed by atoms with E-state index in [2.05, 4.69) is 10.4 Å². The highest BCUT2D eigenvalue weighted by molar-refractivity contribution is 6.12. The van der Waals surface area contributed by atoms with Crippen LogP contribution in [0.25, 0.3) is 0 Å². The molecule has 10 heteroatoms. The zero-order valence-electron chi connectivity index (χ0n) is 19.9. The second-order valence-electron chi connectivity index (χ2n) is 8.73. The number of aromatic nitrogens is 2. The molecule has 10 nitrogen and oxygen atoms in total. The van der Waals surface area contributed by atoms with Crippen molar-refractivity contribution in [3.63, 3.8) is 0 Å². The Hall–Kier alpha value is -3.56. The third kappa shape index (κ3) is 4.20. The number of benzene rings is 1. The number of carbonyl (C=O) groups is 3. The molecule has 1 aromatic heterocycles. The van der Waals surface area contributed by atoms with E-state index in [0.29, 0.717) is 17.2 Å². The van der Waals surface area contributed by atoms with E-state index in [9.17, 15) is 14.4 Å². The van der Waals surface area contributed by atoms with Gasteiger partial charge in [-0.1, -0.05) is 12.8 Å². The fourth-order valence-corrected chi connectivity index (χ4v) is 4.62. The van der Waals surface area contributed by atoms with Gasteiger partial charge in [-0.05, 0) is 26.7 Å². The summed E-state index contributed by atoms with van der Waals surface area (Å²) >= 11 is 0. The van der Waals surface area contributed by atoms with Crippen molar-refractivity contribution in [3.05, 3.63) is 35.7 Å². The lowest BCUT2D eigenvalue weighted by Gasteiger charge is -2.43. The molecule has 1 aliphatic heterocycles. The first kappa shape index (κ1) is 23.6. The number of rotatable bonds is 7. The summed E-state index contributed by atoms with van der Waals surface area (Å²) in [6, 6.07) is 6.52. The normalized spacial score (nSPS) is 20.1. The quantitative estimate of drug-likeness (QED) is 0.619. The highest BCUT2D eigenvalue weighted by Gasteiger charge is 2.50. The smallest absolute Gasteiger partial charge is 0.358 e. The molecule has 0 saturated heterocycles. The number of fused-ring (bicyclic) bond motifs is 1. The molecule has 2 aliphatic rings. The molecule has 182 valence electrons. The minimum atomic E-state index is -1.32. The van der Waals surface area contributed by atoms with Crippen molar-refractivity contribution in [2.24, 2.45) is 0 Å². The number of nitrogens with zero attached hydrogens (tertiary/aromatic N) is 3. The van der Waals surface area contributed by atoms with Crippen LogP contribution in [0.2, 0.25) is 0 Å². The maximum Gasteiger partial charge on any atom is 0.358 e. The van der Waals surface area contributed by atoms with Gasteiger partial charge in [-0.15, -0.1) is 0 Å². The van der Waals surface area contributed by atoms with E-state index in [1.807, 2.05) is 0 Å². The van der Waals surface area contributed by atoms with Crippen LogP contribution < -0.4 is 19.7 Å². The van der Waals surface area contributed by atoms with Crippen LogP contribution in [0.15, 0.2) is 24.3 Å². The van der Waals surface area contributed by atoms with Gasteiger partial charge in [0.25, 0.3) is 5.91 Å². The summed E-state index contributed by atoms with van der Waals surface area (Å²) in [4.78, 5) is 41.2. The van der Waals surface area contributed by atoms with Crippen molar-refractivity contribution < 1.29 is 28.6 Å². The van der Waals surface area contributed by atoms with E-state index < -0.39 is 17.4 Å². The second-order valence-corrected chi connectivity index (χ2v) is 8.73. The van der Waals surface area contributed by atoms with Gasteiger partial charge < -0.3 is 19.5 Å². The monoisotopic (exact) mass is 470 g/mol. The number of nitrogens with one attached hydrogen (secondary N) is 1. The molecule has 1 aromatic carbocycles. The number of methoxy groups -OCH3 is 2. The summed E-state index contributed by atoms with van der Waals surface area (Å²) < 4.78 is 17.3. The predicted octanol–water partition coefficient (Wildman–Crippen LogP) is 2.55. The average molecular weight is 471 g/mol. The first-order chi connectivity index (χ1) is 16.3. The summed E-state index contributed by atoms with van der Waals surface area (Å²) in [5.41, 5.74) is -0.664. The zero-order valence-corrected chi connectivity index (χ0v) is 19.9. The predicted molar refractivity (Wildman–Crippen MR) is 123 cm³/mol. The first-order valence-electron chi connectivity index (χ1n) is 11.4. The third-order valence-corrected chi connectivity index (χ3v) is 6.41. The van der Waals surface area contributed by atoms with Crippen molar-refractivity contribution in [2.45, 2.75) is 57.7 Å². The molecule has 1 atom stereocenters. The first-order valence-corrected chi connectivity index (χ1v) is 11.4. The van der Waals surface area contributed by atoms with Crippen LogP contribution in [-0.4, -0.2) is 60.0 Å². The Morgan fingerprint density at radius 1 is 1.12 bits per heavy atom. The van der Waals surface area contributed by atoms with Crippen LogP contribution in [0.4, 0.5) is 5.69 Å². The lowest BCUT2D eigenvalue weighted by atomic mass is 9.93. The highest BCUT2D eigenvalue weighted by Crippen LogP contribution is 2.37. The minimum absolute atomic E-state index is 0.0221. The van der Waals surface area contributed by atoms with Gasteiger partial charge >= 0.3 is 5.97 Å². The molecule has 0 bridgehead atoms. The Labute approximate surface area is 198 Å². The molecule has 2 heterocycles. The largest absolute Gasteiger partial charge is 0.497 e. The van der Waals surface area contributed by atoms with E-state index in [1.54, 1.807) is 32.0 Å². The van der Waals surface area contributed by atoms with E-state index in [1.165, 1.54) is 29.9 Å². The third-order valence-electron chi connectivity index (χ3n) is 6.41. The lowest BCUT2D eigenvalue weighted by molar-refractivity contribution is -0.127. The van der Waals surface area contributed by atoms with Gasteiger partial charge in [0.05, 0.1) is 33.1 Å². The van der Waals surface area contributed by atoms with E-state index in [-0.39, 0.29) is 36.5 Å². The van der Waals surface area contributed by atoms with Crippen molar-refractivity contribution in [1.29, 1.82) is 0 Å². The summed E-state index contributed by atoms with van der Waals surface area (Å²) in [5.74, 6) is -0.412. The summed E-state index contributed by atoms with van der Waals surface area (Å²) in [6.45, 7) is 3.65. The van der Waals surface area contributed by atoms with Gasteiger partial charge in [-0.3, -0.25) is 19.2 Å². The van der Waals surface area contributed by atoms with E-state index in [0.717, 1.165) is 25.7 Å². The number of amides is 2. The second kappa shape index (κ2) is 9.36. The maximum atomic E-state index is 13.8. The van der Waals surface area contributed by atoms with Gasteiger partial charge in [0.2, 0.25) is 5.91 Å². The van der Waals surface area contributed by atoms with Crippen molar-refractivity contribution in [1.82, 2.24) is 15.1 Å². The van der Waals surface area contributed by atoms with Crippen LogP contribution in [-0.2, 0) is 16.1 Å². The number of esters is 1. The molecule has 1 saturated carbocycles.